The maximum absolute atomic E-state index is 11.8. The van der Waals surface area contributed by atoms with E-state index < -0.39 is 11.7 Å². The summed E-state index contributed by atoms with van der Waals surface area (Å²) >= 11 is 5.98. The topological polar surface area (TPSA) is 84.7 Å². The number of carbonyl (C=O) groups excluding carboxylic acids is 2. The third-order valence-electron chi connectivity index (χ3n) is 3.39. The number of Topliss-reactive ketones (excluding diaryl/α,β-unsaturated/α-hetero) is 1. The number of alkyl carbamates (subject to hydrolysis) is 1. The average Bonchev–Trinajstić information content (AvgIpc) is 2.91. The van der Waals surface area contributed by atoms with Gasteiger partial charge in [-0.25, -0.2) is 4.79 Å². The van der Waals surface area contributed by atoms with Crippen molar-refractivity contribution in [3.63, 3.8) is 0 Å². The number of anilines is 1. The van der Waals surface area contributed by atoms with Crippen molar-refractivity contribution in [1.29, 1.82) is 0 Å². The van der Waals surface area contributed by atoms with Gasteiger partial charge in [-0.1, -0.05) is 11.6 Å². The molecule has 0 aliphatic heterocycles. The SMILES string of the molecule is CC(=O)CCN(CCNC(=O)OC(C)(C)C)c1nc2cc(Cl)ccc2o1. The second-order valence-electron chi connectivity index (χ2n) is 6.98. The molecule has 8 heteroatoms. The normalized spacial score (nSPS) is 11.4. The van der Waals surface area contributed by atoms with E-state index in [1.807, 2.05) is 4.90 Å². The Hall–Kier alpha value is -2.28. The number of nitrogens with zero attached hydrogens (tertiary/aromatic N) is 2. The van der Waals surface area contributed by atoms with E-state index in [1.54, 1.807) is 39.0 Å². The van der Waals surface area contributed by atoms with E-state index in [2.05, 4.69) is 10.3 Å². The zero-order valence-corrected chi connectivity index (χ0v) is 16.2. The van der Waals surface area contributed by atoms with Crippen LogP contribution in [0.4, 0.5) is 10.8 Å². The number of ether oxygens (including phenoxy) is 1. The summed E-state index contributed by atoms with van der Waals surface area (Å²) in [6.07, 6.45) is -0.139. The fraction of sp³-hybridized carbons (Fsp3) is 0.500. The molecule has 0 spiro atoms. The molecule has 0 aliphatic rings. The highest BCUT2D eigenvalue weighted by Gasteiger charge is 2.18. The largest absolute Gasteiger partial charge is 0.444 e. The Kier molecular flexibility index (Phi) is 6.47. The molecular formula is C18H24ClN3O4. The lowest BCUT2D eigenvalue weighted by Crippen LogP contribution is -2.38. The number of halogens is 1. The lowest BCUT2D eigenvalue weighted by molar-refractivity contribution is -0.116. The molecule has 0 atom stereocenters. The van der Waals surface area contributed by atoms with Gasteiger partial charge in [-0.3, -0.25) is 4.79 Å². The first kappa shape index (κ1) is 20.0. The van der Waals surface area contributed by atoms with Gasteiger partial charge in [0, 0.05) is 31.1 Å². The Morgan fingerprint density at radius 2 is 2.04 bits per heavy atom. The Balaban J connectivity index is 2.04. The number of carbonyl (C=O) groups is 2. The predicted molar refractivity (Wildman–Crippen MR) is 101 cm³/mol. The van der Waals surface area contributed by atoms with Gasteiger partial charge in [0.25, 0.3) is 6.01 Å². The average molecular weight is 382 g/mol. The number of benzene rings is 1. The summed E-state index contributed by atoms with van der Waals surface area (Å²) in [7, 11) is 0. The smallest absolute Gasteiger partial charge is 0.407 e. The van der Waals surface area contributed by atoms with E-state index in [9.17, 15) is 9.59 Å². The van der Waals surface area contributed by atoms with Gasteiger partial charge in [0.05, 0.1) is 0 Å². The van der Waals surface area contributed by atoms with Crippen LogP contribution in [-0.2, 0) is 9.53 Å². The fourth-order valence-electron chi connectivity index (χ4n) is 2.23. The Labute approximate surface area is 157 Å². The predicted octanol–water partition coefficient (Wildman–Crippen LogP) is 3.79. The number of rotatable bonds is 7. The van der Waals surface area contributed by atoms with E-state index in [4.69, 9.17) is 20.8 Å². The van der Waals surface area contributed by atoms with E-state index in [0.29, 0.717) is 48.2 Å². The van der Waals surface area contributed by atoms with Crippen LogP contribution < -0.4 is 10.2 Å². The van der Waals surface area contributed by atoms with E-state index in [-0.39, 0.29) is 5.78 Å². The van der Waals surface area contributed by atoms with Gasteiger partial charge in [-0.2, -0.15) is 4.98 Å². The van der Waals surface area contributed by atoms with Crippen LogP contribution in [0.25, 0.3) is 11.1 Å². The monoisotopic (exact) mass is 381 g/mol. The highest BCUT2D eigenvalue weighted by molar-refractivity contribution is 6.31. The standard InChI is InChI=1S/C18H24ClN3O4/c1-12(23)7-9-22(10-8-20-17(24)26-18(2,3)4)16-21-14-11-13(19)5-6-15(14)25-16/h5-6,11H,7-10H2,1-4H3,(H,20,24). The number of ketones is 1. The van der Waals surface area contributed by atoms with Crippen LogP contribution in [0.2, 0.25) is 5.02 Å². The van der Waals surface area contributed by atoms with Gasteiger partial charge in [0.2, 0.25) is 0 Å². The number of oxazole rings is 1. The minimum Gasteiger partial charge on any atom is -0.444 e. The van der Waals surface area contributed by atoms with Crippen LogP contribution in [0.3, 0.4) is 0 Å². The molecule has 1 N–H and O–H groups in total. The van der Waals surface area contributed by atoms with E-state index >= 15 is 0 Å². The molecule has 0 saturated carbocycles. The maximum Gasteiger partial charge on any atom is 0.407 e. The van der Waals surface area contributed by atoms with Crippen LogP contribution in [0.1, 0.15) is 34.1 Å². The van der Waals surface area contributed by atoms with Crippen LogP contribution >= 0.6 is 11.6 Å². The molecule has 0 fully saturated rings. The third-order valence-corrected chi connectivity index (χ3v) is 3.63. The maximum atomic E-state index is 11.8. The van der Waals surface area contributed by atoms with Crippen LogP contribution in [-0.4, -0.2) is 42.1 Å². The molecule has 26 heavy (non-hydrogen) atoms. The number of fused-ring (bicyclic) bond motifs is 1. The van der Waals surface area contributed by atoms with Gasteiger partial charge in [-0.05, 0) is 45.9 Å². The number of nitrogens with one attached hydrogen (secondary N) is 1. The van der Waals surface area contributed by atoms with Crippen molar-refractivity contribution in [2.45, 2.75) is 39.7 Å². The van der Waals surface area contributed by atoms with Crippen molar-refractivity contribution in [3.05, 3.63) is 23.2 Å². The van der Waals surface area contributed by atoms with Gasteiger partial charge in [0.15, 0.2) is 5.58 Å². The van der Waals surface area contributed by atoms with Crippen molar-refractivity contribution < 1.29 is 18.7 Å². The molecule has 1 aromatic carbocycles. The van der Waals surface area contributed by atoms with Gasteiger partial charge in [0.1, 0.15) is 16.9 Å². The van der Waals surface area contributed by atoms with Crippen molar-refractivity contribution in [3.8, 4) is 0 Å². The molecule has 142 valence electrons. The summed E-state index contributed by atoms with van der Waals surface area (Å²) in [5.41, 5.74) is 0.690. The fourth-order valence-corrected chi connectivity index (χ4v) is 2.39. The van der Waals surface area contributed by atoms with Gasteiger partial charge < -0.3 is 19.4 Å². The Morgan fingerprint density at radius 1 is 1.31 bits per heavy atom. The summed E-state index contributed by atoms with van der Waals surface area (Å²) in [4.78, 5) is 29.4. The highest BCUT2D eigenvalue weighted by atomic mass is 35.5. The van der Waals surface area contributed by atoms with Gasteiger partial charge >= 0.3 is 6.09 Å². The first-order valence-electron chi connectivity index (χ1n) is 8.41. The zero-order valence-electron chi connectivity index (χ0n) is 15.5. The lowest BCUT2D eigenvalue weighted by atomic mass is 10.2. The summed E-state index contributed by atoms with van der Waals surface area (Å²) in [6, 6.07) is 5.57. The van der Waals surface area contributed by atoms with Crippen molar-refractivity contribution in [2.75, 3.05) is 24.5 Å². The quantitative estimate of drug-likeness (QED) is 0.785. The molecule has 2 aromatic rings. The molecule has 1 heterocycles. The molecular weight excluding hydrogens is 358 g/mol. The van der Waals surface area contributed by atoms with E-state index in [1.165, 1.54) is 6.92 Å². The highest BCUT2D eigenvalue weighted by Crippen LogP contribution is 2.24. The van der Waals surface area contributed by atoms with Crippen molar-refractivity contribution in [1.82, 2.24) is 10.3 Å². The van der Waals surface area contributed by atoms with Crippen molar-refractivity contribution in [2.24, 2.45) is 0 Å². The summed E-state index contributed by atoms with van der Waals surface area (Å²) in [6.45, 7) is 8.12. The van der Waals surface area contributed by atoms with Crippen molar-refractivity contribution >= 4 is 40.6 Å². The molecule has 1 amide bonds. The second kappa shape index (κ2) is 8.40. The first-order chi connectivity index (χ1) is 12.1. The van der Waals surface area contributed by atoms with Gasteiger partial charge in [-0.15, -0.1) is 0 Å². The van der Waals surface area contributed by atoms with E-state index in [0.717, 1.165) is 0 Å². The molecule has 1 aromatic heterocycles. The third kappa shape index (κ3) is 6.22. The molecule has 0 radical (unpaired) electrons. The first-order valence-corrected chi connectivity index (χ1v) is 8.79. The minimum atomic E-state index is -0.558. The summed E-state index contributed by atoms with van der Waals surface area (Å²) < 4.78 is 11.0. The molecule has 0 bridgehead atoms. The molecule has 0 saturated heterocycles. The number of amides is 1. The molecule has 0 unspecified atom stereocenters. The number of aromatic nitrogens is 1. The summed E-state index contributed by atoms with van der Waals surface area (Å²) in [5.74, 6) is 0.0641. The van der Waals surface area contributed by atoms with Crippen LogP contribution in [0.5, 0.6) is 0 Å². The minimum absolute atomic E-state index is 0.0641. The molecule has 2 rings (SSSR count). The molecule has 0 aliphatic carbocycles. The zero-order chi connectivity index (χ0) is 19.3. The van der Waals surface area contributed by atoms with Crippen LogP contribution in [0.15, 0.2) is 22.6 Å². The Bertz CT molecular complexity index is 782. The second-order valence-corrected chi connectivity index (χ2v) is 7.41. The van der Waals surface area contributed by atoms with Crippen LogP contribution in [0, 0.1) is 0 Å². The number of hydrogen-bond donors (Lipinski definition) is 1. The molecule has 7 nitrogen and oxygen atoms in total. The Morgan fingerprint density at radius 3 is 2.69 bits per heavy atom. The lowest BCUT2D eigenvalue weighted by Gasteiger charge is -2.22. The summed E-state index contributed by atoms with van der Waals surface area (Å²) in [5, 5.41) is 3.26. The number of hydrogen-bond acceptors (Lipinski definition) is 6.